The van der Waals surface area contributed by atoms with E-state index in [1.165, 1.54) is 6.08 Å². The zero-order valence-electron chi connectivity index (χ0n) is 7.39. The normalized spacial score (nSPS) is 9.57. The molecule has 0 radical (unpaired) electrons. The molecule has 1 aromatic rings. The van der Waals surface area contributed by atoms with Crippen molar-refractivity contribution in [1.82, 2.24) is 5.32 Å². The maximum Gasteiger partial charge on any atom is 0.254 e. The first-order valence-corrected chi connectivity index (χ1v) is 3.99. The maximum atomic E-state index is 13.0. The van der Waals surface area contributed by atoms with Crippen molar-refractivity contribution in [2.24, 2.45) is 0 Å². The van der Waals surface area contributed by atoms with Gasteiger partial charge in [0.1, 0.15) is 11.6 Å². The standard InChI is InChI=1S/C10H9F2NO/c1-2-5-13-10(14)8-6-7(11)3-4-9(8)12/h2-4,6H,1,5H2,(H,13,14). The largest absolute Gasteiger partial charge is 0.348 e. The molecule has 0 atom stereocenters. The second-order valence-electron chi connectivity index (χ2n) is 2.62. The van der Waals surface area contributed by atoms with Crippen LogP contribution in [-0.4, -0.2) is 12.5 Å². The van der Waals surface area contributed by atoms with Crippen LogP contribution in [0.1, 0.15) is 10.4 Å². The number of benzene rings is 1. The lowest BCUT2D eigenvalue weighted by atomic mass is 10.2. The Balaban J connectivity index is 2.88. The summed E-state index contributed by atoms with van der Waals surface area (Å²) in [7, 11) is 0. The zero-order valence-corrected chi connectivity index (χ0v) is 7.39. The minimum Gasteiger partial charge on any atom is -0.348 e. The van der Waals surface area contributed by atoms with Crippen molar-refractivity contribution in [1.29, 1.82) is 0 Å². The van der Waals surface area contributed by atoms with Gasteiger partial charge in [-0.25, -0.2) is 8.78 Å². The number of rotatable bonds is 3. The summed E-state index contributed by atoms with van der Waals surface area (Å²) in [4.78, 5) is 11.2. The minimum absolute atomic E-state index is 0.217. The molecular weight excluding hydrogens is 188 g/mol. The van der Waals surface area contributed by atoms with E-state index >= 15 is 0 Å². The van der Waals surface area contributed by atoms with Gasteiger partial charge in [-0.2, -0.15) is 0 Å². The predicted molar refractivity (Wildman–Crippen MR) is 48.9 cm³/mol. The van der Waals surface area contributed by atoms with Gasteiger partial charge < -0.3 is 5.32 Å². The lowest BCUT2D eigenvalue weighted by molar-refractivity contribution is 0.0953. The molecule has 0 bridgehead atoms. The van der Waals surface area contributed by atoms with Gasteiger partial charge in [-0.1, -0.05) is 6.08 Å². The second-order valence-corrected chi connectivity index (χ2v) is 2.62. The van der Waals surface area contributed by atoms with Crippen molar-refractivity contribution in [3.05, 3.63) is 48.1 Å². The van der Waals surface area contributed by atoms with E-state index in [0.717, 1.165) is 18.2 Å². The number of carbonyl (C=O) groups excluding carboxylic acids is 1. The molecule has 0 heterocycles. The minimum atomic E-state index is -0.743. The van der Waals surface area contributed by atoms with Crippen LogP contribution in [0.5, 0.6) is 0 Å². The Hall–Kier alpha value is -1.71. The molecule has 2 nitrogen and oxygen atoms in total. The summed E-state index contributed by atoms with van der Waals surface area (Å²) in [5.74, 6) is -2.04. The summed E-state index contributed by atoms with van der Waals surface area (Å²) in [5.41, 5.74) is -0.299. The van der Waals surface area contributed by atoms with Gasteiger partial charge in [0, 0.05) is 6.54 Å². The maximum absolute atomic E-state index is 13.0. The lowest BCUT2D eigenvalue weighted by Crippen LogP contribution is -2.24. The predicted octanol–water partition coefficient (Wildman–Crippen LogP) is 1.88. The molecule has 0 saturated carbocycles. The number of carbonyl (C=O) groups is 1. The molecule has 0 spiro atoms. The van der Waals surface area contributed by atoms with Gasteiger partial charge in [0.05, 0.1) is 5.56 Å². The van der Waals surface area contributed by atoms with Gasteiger partial charge in [-0.05, 0) is 18.2 Å². The third-order valence-electron chi connectivity index (χ3n) is 1.58. The van der Waals surface area contributed by atoms with Gasteiger partial charge >= 0.3 is 0 Å². The summed E-state index contributed by atoms with van der Waals surface area (Å²) in [5, 5.41) is 2.35. The monoisotopic (exact) mass is 197 g/mol. The van der Waals surface area contributed by atoms with Crippen LogP contribution in [0.15, 0.2) is 30.9 Å². The van der Waals surface area contributed by atoms with E-state index in [0.29, 0.717) is 0 Å². The van der Waals surface area contributed by atoms with E-state index in [2.05, 4.69) is 11.9 Å². The fraction of sp³-hybridized carbons (Fsp3) is 0.100. The fourth-order valence-corrected chi connectivity index (χ4v) is 0.932. The molecular formula is C10H9F2NO. The third kappa shape index (κ3) is 2.39. The van der Waals surface area contributed by atoms with Gasteiger partial charge in [-0.3, -0.25) is 4.79 Å². The molecule has 1 amide bonds. The highest BCUT2D eigenvalue weighted by Gasteiger charge is 2.11. The first-order valence-electron chi connectivity index (χ1n) is 3.99. The van der Waals surface area contributed by atoms with Crippen LogP contribution in [-0.2, 0) is 0 Å². The molecule has 4 heteroatoms. The molecule has 1 rings (SSSR count). The molecule has 0 saturated heterocycles. The highest BCUT2D eigenvalue weighted by Crippen LogP contribution is 2.09. The Morgan fingerprint density at radius 1 is 1.50 bits per heavy atom. The van der Waals surface area contributed by atoms with Crippen molar-refractivity contribution in [2.45, 2.75) is 0 Å². The molecule has 74 valence electrons. The van der Waals surface area contributed by atoms with Crippen LogP contribution in [0, 0.1) is 11.6 Å². The van der Waals surface area contributed by atoms with Crippen LogP contribution >= 0.6 is 0 Å². The topological polar surface area (TPSA) is 29.1 Å². The Bertz CT molecular complexity index is 363. The number of halogens is 2. The first-order chi connectivity index (χ1) is 6.65. The molecule has 0 aromatic heterocycles. The Morgan fingerprint density at radius 3 is 2.86 bits per heavy atom. The van der Waals surface area contributed by atoms with Crippen LogP contribution in [0.3, 0.4) is 0 Å². The van der Waals surface area contributed by atoms with Gasteiger partial charge in [-0.15, -0.1) is 6.58 Å². The third-order valence-corrected chi connectivity index (χ3v) is 1.58. The van der Waals surface area contributed by atoms with E-state index in [9.17, 15) is 13.6 Å². The Kier molecular flexibility index (Phi) is 3.34. The highest BCUT2D eigenvalue weighted by molar-refractivity contribution is 5.94. The number of hydrogen-bond donors (Lipinski definition) is 1. The average Bonchev–Trinajstić information content (AvgIpc) is 2.18. The average molecular weight is 197 g/mol. The SMILES string of the molecule is C=CCNC(=O)c1cc(F)ccc1F. The van der Waals surface area contributed by atoms with Crippen LogP contribution in [0.25, 0.3) is 0 Å². The van der Waals surface area contributed by atoms with E-state index in [1.54, 1.807) is 0 Å². The first kappa shape index (κ1) is 10.4. The van der Waals surface area contributed by atoms with E-state index in [-0.39, 0.29) is 12.1 Å². The summed E-state index contributed by atoms with van der Waals surface area (Å²) in [6.45, 7) is 3.60. The molecule has 0 fully saturated rings. The molecule has 14 heavy (non-hydrogen) atoms. The molecule has 0 aliphatic rings. The summed E-state index contributed by atoms with van der Waals surface area (Å²) in [6.07, 6.45) is 1.45. The summed E-state index contributed by atoms with van der Waals surface area (Å²) >= 11 is 0. The van der Waals surface area contributed by atoms with Crippen molar-refractivity contribution >= 4 is 5.91 Å². The lowest BCUT2D eigenvalue weighted by Gasteiger charge is -2.03. The van der Waals surface area contributed by atoms with Crippen molar-refractivity contribution in [2.75, 3.05) is 6.54 Å². The van der Waals surface area contributed by atoms with Crippen LogP contribution < -0.4 is 5.32 Å². The summed E-state index contributed by atoms with van der Waals surface area (Å²) < 4.78 is 25.7. The second kappa shape index (κ2) is 4.50. The molecule has 0 unspecified atom stereocenters. The smallest absolute Gasteiger partial charge is 0.254 e. The zero-order chi connectivity index (χ0) is 10.6. The fourth-order valence-electron chi connectivity index (χ4n) is 0.932. The van der Waals surface area contributed by atoms with Crippen LogP contribution in [0.2, 0.25) is 0 Å². The molecule has 1 N–H and O–H groups in total. The molecule has 0 aliphatic heterocycles. The number of hydrogen-bond acceptors (Lipinski definition) is 1. The van der Waals surface area contributed by atoms with Crippen molar-refractivity contribution in [3.8, 4) is 0 Å². The van der Waals surface area contributed by atoms with Crippen molar-refractivity contribution in [3.63, 3.8) is 0 Å². The quantitative estimate of drug-likeness (QED) is 0.736. The number of amides is 1. The Morgan fingerprint density at radius 2 is 2.21 bits per heavy atom. The van der Waals surface area contributed by atoms with Gasteiger partial charge in [0.25, 0.3) is 5.91 Å². The number of nitrogens with one attached hydrogen (secondary N) is 1. The van der Waals surface area contributed by atoms with Gasteiger partial charge in [0.2, 0.25) is 0 Å². The van der Waals surface area contributed by atoms with Gasteiger partial charge in [0.15, 0.2) is 0 Å². The van der Waals surface area contributed by atoms with E-state index < -0.39 is 17.5 Å². The summed E-state index contributed by atoms with van der Waals surface area (Å²) in [6, 6.07) is 2.73. The van der Waals surface area contributed by atoms with E-state index in [4.69, 9.17) is 0 Å². The molecule has 0 aliphatic carbocycles. The highest BCUT2D eigenvalue weighted by atomic mass is 19.1. The Labute approximate surface area is 80.2 Å². The molecule has 1 aromatic carbocycles. The van der Waals surface area contributed by atoms with Crippen molar-refractivity contribution < 1.29 is 13.6 Å². The van der Waals surface area contributed by atoms with E-state index in [1.807, 2.05) is 0 Å². The van der Waals surface area contributed by atoms with Crippen LogP contribution in [0.4, 0.5) is 8.78 Å².